The molecule has 20 heavy (non-hydrogen) atoms. The van der Waals surface area contributed by atoms with Crippen LogP contribution in [0.15, 0.2) is 77.7 Å². The van der Waals surface area contributed by atoms with Crippen LogP contribution >= 0.6 is 11.8 Å². The highest BCUT2D eigenvalue weighted by molar-refractivity contribution is 7.98. The topological polar surface area (TPSA) is 12.9 Å². The molecule has 0 radical (unpaired) electrons. The van der Waals surface area contributed by atoms with Crippen molar-refractivity contribution in [1.29, 1.82) is 0 Å². The Morgan fingerprint density at radius 2 is 1.15 bits per heavy atom. The van der Waals surface area contributed by atoms with E-state index in [1.807, 2.05) is 36.4 Å². The van der Waals surface area contributed by atoms with Crippen LogP contribution in [0.4, 0.5) is 0 Å². The largest absolute Gasteiger partial charge is 0.248 e. The van der Waals surface area contributed by atoms with Crippen molar-refractivity contribution < 1.29 is 0 Å². The Bertz CT molecular complexity index is 635. The highest BCUT2D eigenvalue weighted by Crippen LogP contribution is 2.28. The maximum Gasteiger partial charge on any atom is 0.0720 e. The zero-order valence-corrected chi connectivity index (χ0v) is 12.1. The first-order valence-electron chi connectivity index (χ1n) is 6.54. The molecule has 0 bridgehead atoms. The molecule has 0 saturated carbocycles. The maximum absolute atomic E-state index is 4.81. The molecule has 1 heterocycles. The summed E-state index contributed by atoms with van der Waals surface area (Å²) in [5.41, 5.74) is 4.36. The third-order valence-corrected chi connectivity index (χ3v) is 3.88. The van der Waals surface area contributed by atoms with E-state index in [4.69, 9.17) is 4.98 Å². The summed E-state index contributed by atoms with van der Waals surface area (Å²) in [7, 11) is 0. The van der Waals surface area contributed by atoms with Crippen molar-refractivity contribution in [3.63, 3.8) is 0 Å². The van der Waals surface area contributed by atoms with Crippen LogP contribution in [0.5, 0.6) is 0 Å². The van der Waals surface area contributed by atoms with Crippen molar-refractivity contribution in [2.75, 3.05) is 6.26 Å². The molecule has 0 amide bonds. The van der Waals surface area contributed by atoms with E-state index in [2.05, 4.69) is 42.7 Å². The molecule has 0 aliphatic heterocycles. The summed E-state index contributed by atoms with van der Waals surface area (Å²) < 4.78 is 0. The van der Waals surface area contributed by atoms with Crippen LogP contribution in [0, 0.1) is 0 Å². The number of pyridine rings is 1. The number of rotatable bonds is 3. The number of aromatic nitrogens is 1. The predicted molar refractivity (Wildman–Crippen MR) is 86.9 cm³/mol. The second-order valence-corrected chi connectivity index (χ2v) is 5.39. The summed E-state index contributed by atoms with van der Waals surface area (Å²) in [4.78, 5) is 6.04. The van der Waals surface area contributed by atoms with Crippen molar-refractivity contribution in [2.24, 2.45) is 0 Å². The SMILES string of the molecule is CSc1cc(-c2ccccc2)nc(-c2ccccc2)c1. The molecule has 1 aromatic heterocycles. The number of thioether (sulfide) groups is 1. The fourth-order valence-corrected chi connectivity index (χ4v) is 2.60. The molecular weight excluding hydrogens is 262 g/mol. The van der Waals surface area contributed by atoms with Gasteiger partial charge in [-0.15, -0.1) is 11.8 Å². The molecule has 0 N–H and O–H groups in total. The summed E-state index contributed by atoms with van der Waals surface area (Å²) >= 11 is 1.75. The van der Waals surface area contributed by atoms with E-state index in [1.165, 1.54) is 4.90 Å². The summed E-state index contributed by atoms with van der Waals surface area (Å²) in [6.07, 6.45) is 2.10. The zero-order valence-electron chi connectivity index (χ0n) is 11.3. The molecular formula is C18H15NS. The van der Waals surface area contributed by atoms with Crippen LogP contribution in [0.2, 0.25) is 0 Å². The fourth-order valence-electron chi connectivity index (χ4n) is 2.14. The highest BCUT2D eigenvalue weighted by Gasteiger charge is 2.06. The molecule has 0 spiro atoms. The van der Waals surface area contributed by atoms with Crippen molar-refractivity contribution in [3.05, 3.63) is 72.8 Å². The molecule has 2 aromatic carbocycles. The van der Waals surface area contributed by atoms with Crippen LogP contribution in [0.1, 0.15) is 0 Å². The van der Waals surface area contributed by atoms with Gasteiger partial charge in [-0.05, 0) is 18.4 Å². The van der Waals surface area contributed by atoms with Gasteiger partial charge < -0.3 is 0 Å². The molecule has 0 unspecified atom stereocenters. The second-order valence-electron chi connectivity index (χ2n) is 4.51. The Kier molecular flexibility index (Phi) is 3.84. The lowest BCUT2D eigenvalue weighted by molar-refractivity contribution is 1.27. The van der Waals surface area contributed by atoms with Gasteiger partial charge in [-0.25, -0.2) is 4.98 Å². The van der Waals surface area contributed by atoms with Gasteiger partial charge in [-0.1, -0.05) is 60.7 Å². The van der Waals surface area contributed by atoms with Crippen molar-refractivity contribution in [2.45, 2.75) is 4.90 Å². The first-order chi connectivity index (χ1) is 9.86. The molecule has 3 rings (SSSR count). The summed E-state index contributed by atoms with van der Waals surface area (Å²) in [5.74, 6) is 0. The van der Waals surface area contributed by atoms with Gasteiger partial charge in [0.15, 0.2) is 0 Å². The van der Waals surface area contributed by atoms with Crippen molar-refractivity contribution in [1.82, 2.24) is 4.98 Å². The van der Waals surface area contributed by atoms with Crippen molar-refractivity contribution >= 4 is 11.8 Å². The smallest absolute Gasteiger partial charge is 0.0720 e. The van der Waals surface area contributed by atoms with Gasteiger partial charge in [-0.2, -0.15) is 0 Å². The lowest BCUT2D eigenvalue weighted by Gasteiger charge is -2.08. The summed E-state index contributed by atoms with van der Waals surface area (Å²) in [6.45, 7) is 0. The summed E-state index contributed by atoms with van der Waals surface area (Å²) in [6, 6.07) is 24.9. The quantitative estimate of drug-likeness (QED) is 0.615. The van der Waals surface area contributed by atoms with Crippen LogP contribution in [0.25, 0.3) is 22.5 Å². The first-order valence-corrected chi connectivity index (χ1v) is 7.76. The monoisotopic (exact) mass is 277 g/mol. The number of hydrogen-bond donors (Lipinski definition) is 0. The average molecular weight is 277 g/mol. The minimum Gasteiger partial charge on any atom is -0.248 e. The second kappa shape index (κ2) is 5.93. The molecule has 0 aliphatic carbocycles. The van der Waals surface area contributed by atoms with E-state index in [-0.39, 0.29) is 0 Å². The predicted octanol–water partition coefficient (Wildman–Crippen LogP) is 5.14. The molecule has 0 aliphatic rings. The molecule has 1 nitrogen and oxygen atoms in total. The molecule has 3 aromatic rings. The Morgan fingerprint density at radius 3 is 1.55 bits per heavy atom. The van der Waals surface area contributed by atoms with Gasteiger partial charge in [0.05, 0.1) is 11.4 Å². The van der Waals surface area contributed by atoms with Gasteiger partial charge in [0.2, 0.25) is 0 Å². The number of nitrogens with zero attached hydrogens (tertiary/aromatic N) is 1. The Labute approximate surface area is 123 Å². The molecule has 98 valence electrons. The van der Waals surface area contributed by atoms with Gasteiger partial charge in [0.25, 0.3) is 0 Å². The lowest BCUT2D eigenvalue weighted by Crippen LogP contribution is -1.89. The first kappa shape index (κ1) is 12.9. The van der Waals surface area contributed by atoms with Crippen LogP contribution in [0.3, 0.4) is 0 Å². The standard InChI is InChI=1S/C18H15NS/c1-20-16-12-17(14-8-4-2-5-9-14)19-18(13-16)15-10-6-3-7-11-15/h2-13H,1H3. The van der Waals surface area contributed by atoms with Crippen LogP contribution < -0.4 is 0 Å². The molecule has 2 heteroatoms. The average Bonchev–Trinajstić information content (AvgIpc) is 2.56. The summed E-state index contributed by atoms with van der Waals surface area (Å²) in [5, 5.41) is 0. The maximum atomic E-state index is 4.81. The fraction of sp³-hybridized carbons (Fsp3) is 0.0556. The molecule has 0 saturated heterocycles. The Hall–Kier alpha value is -2.06. The zero-order chi connectivity index (χ0) is 13.8. The van der Waals surface area contributed by atoms with Crippen LogP contribution in [-0.2, 0) is 0 Å². The minimum atomic E-state index is 1.02. The van der Waals surface area contributed by atoms with E-state index in [0.717, 1.165) is 22.5 Å². The number of hydrogen-bond acceptors (Lipinski definition) is 2. The Morgan fingerprint density at radius 1 is 0.700 bits per heavy atom. The van der Waals surface area contributed by atoms with Gasteiger partial charge >= 0.3 is 0 Å². The molecule has 0 fully saturated rings. The van der Waals surface area contributed by atoms with Crippen molar-refractivity contribution in [3.8, 4) is 22.5 Å². The van der Waals surface area contributed by atoms with Gasteiger partial charge in [0.1, 0.15) is 0 Å². The van der Waals surface area contributed by atoms with E-state index in [1.54, 1.807) is 11.8 Å². The molecule has 0 atom stereocenters. The van der Waals surface area contributed by atoms with Crippen LogP contribution in [-0.4, -0.2) is 11.2 Å². The third kappa shape index (κ3) is 2.75. The van der Waals surface area contributed by atoms with Gasteiger partial charge in [-0.3, -0.25) is 0 Å². The van der Waals surface area contributed by atoms with E-state index in [0.29, 0.717) is 0 Å². The lowest BCUT2D eigenvalue weighted by atomic mass is 10.1. The number of benzene rings is 2. The third-order valence-electron chi connectivity index (χ3n) is 3.17. The van der Waals surface area contributed by atoms with Gasteiger partial charge in [0, 0.05) is 16.0 Å². The Balaban J connectivity index is 2.13. The van der Waals surface area contributed by atoms with E-state index in [9.17, 15) is 0 Å². The normalized spacial score (nSPS) is 10.4. The highest BCUT2D eigenvalue weighted by atomic mass is 32.2. The van der Waals surface area contributed by atoms with E-state index >= 15 is 0 Å². The van der Waals surface area contributed by atoms with E-state index < -0.39 is 0 Å². The minimum absolute atomic E-state index is 1.02.